The zero-order chi connectivity index (χ0) is 12.5. The number of rotatable bonds is 3. The van der Waals surface area contributed by atoms with Gasteiger partial charge in [0.2, 0.25) is 0 Å². The molecule has 0 bridgehead atoms. The van der Waals surface area contributed by atoms with Gasteiger partial charge >= 0.3 is 0 Å². The molecule has 0 radical (unpaired) electrons. The monoisotopic (exact) mass is 249 g/mol. The summed E-state index contributed by atoms with van der Waals surface area (Å²) in [5.41, 5.74) is 10.1. The highest BCUT2D eigenvalue weighted by Crippen LogP contribution is 2.21. The number of nitrogens with two attached hydrogens (primary N) is 1. The molecule has 0 amide bonds. The van der Waals surface area contributed by atoms with Crippen molar-refractivity contribution in [1.82, 2.24) is 20.0 Å². The van der Waals surface area contributed by atoms with Gasteiger partial charge in [0.25, 0.3) is 0 Å². The molecule has 3 N–H and O–H groups in total. The Balaban J connectivity index is 1.81. The molecule has 3 heterocycles. The molecular formula is C13H23N5. The topological polar surface area (TPSA) is 59.1 Å². The van der Waals surface area contributed by atoms with Gasteiger partial charge in [-0.2, -0.15) is 5.10 Å². The molecule has 1 unspecified atom stereocenters. The summed E-state index contributed by atoms with van der Waals surface area (Å²) in [7, 11) is 0. The van der Waals surface area contributed by atoms with Crippen LogP contribution < -0.4 is 11.1 Å². The molecular weight excluding hydrogens is 226 g/mol. The molecule has 1 saturated heterocycles. The molecule has 2 aliphatic rings. The average molecular weight is 249 g/mol. The summed E-state index contributed by atoms with van der Waals surface area (Å²) in [6.45, 7) is 8.29. The summed E-state index contributed by atoms with van der Waals surface area (Å²) in [6.07, 6.45) is 2.23. The fraction of sp³-hybridized carbons (Fsp3) is 0.769. The van der Waals surface area contributed by atoms with Crippen molar-refractivity contribution in [2.45, 2.75) is 45.4 Å². The highest BCUT2D eigenvalue weighted by Gasteiger charge is 2.24. The van der Waals surface area contributed by atoms with Crippen LogP contribution in [0.25, 0.3) is 0 Å². The van der Waals surface area contributed by atoms with Crippen LogP contribution in [0.5, 0.6) is 0 Å². The minimum Gasteiger partial charge on any atom is -0.326 e. The lowest BCUT2D eigenvalue weighted by molar-refractivity contribution is 0.320. The summed E-state index contributed by atoms with van der Waals surface area (Å²) in [4.78, 5) is 2.43. The number of hydrogen-bond donors (Lipinski definition) is 2. The molecule has 1 aromatic heterocycles. The molecule has 0 saturated carbocycles. The first-order valence-electron chi connectivity index (χ1n) is 7.04. The highest BCUT2D eigenvalue weighted by atomic mass is 15.3. The van der Waals surface area contributed by atoms with Gasteiger partial charge in [-0.05, 0) is 13.3 Å². The zero-order valence-corrected chi connectivity index (χ0v) is 11.2. The molecule has 1 fully saturated rings. The SMILES string of the molecule is CCn1nc(CN2CCC(N)C2)c2c1CCNC2. The Morgan fingerprint density at radius 2 is 2.39 bits per heavy atom. The van der Waals surface area contributed by atoms with Gasteiger partial charge in [-0.15, -0.1) is 0 Å². The molecule has 0 aromatic carbocycles. The Morgan fingerprint density at radius 3 is 3.11 bits per heavy atom. The molecule has 5 heteroatoms. The third kappa shape index (κ3) is 2.18. The van der Waals surface area contributed by atoms with Crippen molar-refractivity contribution in [2.75, 3.05) is 19.6 Å². The minimum atomic E-state index is 0.354. The van der Waals surface area contributed by atoms with Gasteiger partial charge in [-0.25, -0.2) is 0 Å². The lowest BCUT2D eigenvalue weighted by Crippen LogP contribution is -2.28. The van der Waals surface area contributed by atoms with Crippen LogP contribution >= 0.6 is 0 Å². The lowest BCUT2D eigenvalue weighted by Gasteiger charge is -2.17. The predicted molar refractivity (Wildman–Crippen MR) is 71.2 cm³/mol. The van der Waals surface area contributed by atoms with E-state index in [0.29, 0.717) is 6.04 Å². The molecule has 2 aliphatic heterocycles. The minimum absolute atomic E-state index is 0.354. The van der Waals surface area contributed by atoms with E-state index in [0.717, 1.165) is 52.1 Å². The van der Waals surface area contributed by atoms with Gasteiger partial charge in [0, 0.05) is 63.0 Å². The molecule has 0 aliphatic carbocycles. The number of aryl methyl sites for hydroxylation is 1. The standard InChI is InChI=1S/C13H23N5/c1-2-18-13-3-5-15-7-11(13)12(16-18)9-17-6-4-10(14)8-17/h10,15H,2-9,14H2,1H3. The third-order valence-corrected chi connectivity index (χ3v) is 4.07. The summed E-state index contributed by atoms with van der Waals surface area (Å²) in [6, 6.07) is 0.354. The van der Waals surface area contributed by atoms with Gasteiger partial charge in [0.15, 0.2) is 0 Å². The van der Waals surface area contributed by atoms with Crippen molar-refractivity contribution < 1.29 is 0 Å². The van der Waals surface area contributed by atoms with Crippen molar-refractivity contribution in [3.8, 4) is 0 Å². The molecule has 1 atom stereocenters. The number of nitrogens with one attached hydrogen (secondary N) is 1. The normalized spacial score (nSPS) is 24.4. The number of aromatic nitrogens is 2. The van der Waals surface area contributed by atoms with E-state index >= 15 is 0 Å². The van der Waals surface area contributed by atoms with Gasteiger partial charge in [-0.1, -0.05) is 0 Å². The number of fused-ring (bicyclic) bond motifs is 1. The van der Waals surface area contributed by atoms with E-state index in [1.165, 1.54) is 17.0 Å². The van der Waals surface area contributed by atoms with Crippen LogP contribution in [0, 0.1) is 0 Å². The van der Waals surface area contributed by atoms with Crippen LogP contribution in [-0.4, -0.2) is 40.4 Å². The Hall–Kier alpha value is -0.910. The maximum absolute atomic E-state index is 5.97. The smallest absolute Gasteiger partial charge is 0.0812 e. The molecule has 18 heavy (non-hydrogen) atoms. The predicted octanol–water partition coefficient (Wildman–Crippen LogP) is 0.0817. The van der Waals surface area contributed by atoms with Crippen LogP contribution in [0.2, 0.25) is 0 Å². The first-order valence-corrected chi connectivity index (χ1v) is 7.04. The Kier molecular flexibility index (Phi) is 3.37. The Labute approximate surface area is 108 Å². The van der Waals surface area contributed by atoms with E-state index < -0.39 is 0 Å². The first kappa shape index (κ1) is 12.1. The fourth-order valence-corrected chi connectivity index (χ4v) is 3.10. The number of likely N-dealkylation sites (tertiary alicyclic amines) is 1. The summed E-state index contributed by atoms with van der Waals surface area (Å²) in [5.74, 6) is 0. The van der Waals surface area contributed by atoms with E-state index in [2.05, 4.69) is 21.8 Å². The van der Waals surface area contributed by atoms with E-state index in [-0.39, 0.29) is 0 Å². The van der Waals surface area contributed by atoms with Gasteiger partial charge < -0.3 is 11.1 Å². The maximum atomic E-state index is 5.97. The van der Waals surface area contributed by atoms with Gasteiger partial charge in [0.1, 0.15) is 0 Å². The van der Waals surface area contributed by atoms with Gasteiger partial charge in [-0.3, -0.25) is 9.58 Å². The van der Waals surface area contributed by atoms with E-state index in [9.17, 15) is 0 Å². The van der Waals surface area contributed by atoms with Crippen LogP contribution in [0.3, 0.4) is 0 Å². The quantitative estimate of drug-likeness (QED) is 0.796. The number of hydrogen-bond acceptors (Lipinski definition) is 4. The summed E-state index contributed by atoms with van der Waals surface area (Å²) in [5, 5.41) is 8.25. The van der Waals surface area contributed by atoms with Crippen LogP contribution in [0.15, 0.2) is 0 Å². The van der Waals surface area contributed by atoms with Crippen molar-refractivity contribution >= 4 is 0 Å². The molecule has 0 spiro atoms. The Morgan fingerprint density at radius 1 is 1.50 bits per heavy atom. The van der Waals surface area contributed by atoms with Crippen molar-refractivity contribution in [3.63, 3.8) is 0 Å². The zero-order valence-electron chi connectivity index (χ0n) is 11.2. The van der Waals surface area contributed by atoms with Gasteiger partial charge in [0.05, 0.1) is 5.69 Å². The fourth-order valence-electron chi connectivity index (χ4n) is 3.10. The summed E-state index contributed by atoms with van der Waals surface area (Å²) < 4.78 is 2.18. The van der Waals surface area contributed by atoms with Crippen molar-refractivity contribution in [2.24, 2.45) is 5.73 Å². The number of nitrogens with zero attached hydrogens (tertiary/aromatic N) is 3. The first-order chi connectivity index (χ1) is 8.78. The van der Waals surface area contributed by atoms with Crippen LogP contribution in [0.4, 0.5) is 0 Å². The highest BCUT2D eigenvalue weighted by molar-refractivity contribution is 5.28. The lowest BCUT2D eigenvalue weighted by atomic mass is 10.1. The van der Waals surface area contributed by atoms with E-state index in [4.69, 9.17) is 10.8 Å². The molecule has 3 rings (SSSR count). The maximum Gasteiger partial charge on any atom is 0.0812 e. The van der Waals surface area contributed by atoms with Crippen LogP contribution in [0.1, 0.15) is 30.3 Å². The summed E-state index contributed by atoms with van der Waals surface area (Å²) >= 11 is 0. The van der Waals surface area contributed by atoms with Crippen molar-refractivity contribution in [3.05, 3.63) is 17.0 Å². The largest absolute Gasteiger partial charge is 0.326 e. The van der Waals surface area contributed by atoms with E-state index in [1.807, 2.05) is 0 Å². The second-order valence-corrected chi connectivity index (χ2v) is 5.40. The van der Waals surface area contributed by atoms with Crippen molar-refractivity contribution in [1.29, 1.82) is 0 Å². The molecule has 5 nitrogen and oxygen atoms in total. The van der Waals surface area contributed by atoms with Crippen LogP contribution in [-0.2, 0) is 26.1 Å². The molecule has 100 valence electrons. The second-order valence-electron chi connectivity index (χ2n) is 5.40. The van der Waals surface area contributed by atoms with E-state index in [1.54, 1.807) is 0 Å². The third-order valence-electron chi connectivity index (χ3n) is 4.07. The molecule has 1 aromatic rings. The second kappa shape index (κ2) is 4.99. The Bertz CT molecular complexity index is 425. The average Bonchev–Trinajstić information content (AvgIpc) is 2.95.